The third kappa shape index (κ3) is 5.34. The Morgan fingerprint density at radius 1 is 0.943 bits per heavy atom. The van der Waals surface area contributed by atoms with Gasteiger partial charge < -0.3 is 24.1 Å². The fourth-order valence-corrected chi connectivity index (χ4v) is 3.50. The number of fused-ring (bicyclic) bond motifs is 1. The standard InChI is InChI=1S/C26H28N2O7/c1-14(29)20(25(31)35-26(2,3)4)21-16-10-8-9-11-17(16)23(27-21)28-24(30)15-12-18(32-5)22(34-7)19(13-15)33-6/h8-13,29H,1-7H3. The van der Waals surface area contributed by atoms with Crippen molar-refractivity contribution in [2.75, 3.05) is 21.3 Å². The number of benzene rings is 2. The van der Waals surface area contributed by atoms with Crippen molar-refractivity contribution >= 4 is 23.4 Å². The highest BCUT2D eigenvalue weighted by molar-refractivity contribution is 6.36. The van der Waals surface area contributed by atoms with Gasteiger partial charge in [0.2, 0.25) is 5.75 Å². The molecule has 0 atom stereocenters. The number of hydrogen-bond donors (Lipinski definition) is 1. The van der Waals surface area contributed by atoms with Crippen molar-refractivity contribution in [1.82, 2.24) is 0 Å². The van der Waals surface area contributed by atoms with Gasteiger partial charge in [-0.1, -0.05) is 24.3 Å². The predicted octanol–water partition coefficient (Wildman–Crippen LogP) is 4.28. The maximum Gasteiger partial charge on any atom is 0.344 e. The molecule has 0 unspecified atom stereocenters. The molecule has 184 valence electrons. The molecule has 1 aliphatic rings. The summed E-state index contributed by atoms with van der Waals surface area (Å²) in [5, 5.41) is 10.3. The van der Waals surface area contributed by atoms with Gasteiger partial charge in [0.1, 0.15) is 16.9 Å². The minimum absolute atomic E-state index is 0.0941. The topological polar surface area (TPSA) is 116 Å². The predicted molar refractivity (Wildman–Crippen MR) is 131 cm³/mol. The van der Waals surface area contributed by atoms with Gasteiger partial charge >= 0.3 is 5.97 Å². The van der Waals surface area contributed by atoms with E-state index < -0.39 is 17.5 Å². The van der Waals surface area contributed by atoms with Gasteiger partial charge in [0.25, 0.3) is 5.91 Å². The number of methoxy groups -OCH3 is 3. The molecule has 1 amide bonds. The van der Waals surface area contributed by atoms with Crippen LogP contribution in [0.5, 0.6) is 17.2 Å². The van der Waals surface area contributed by atoms with Crippen LogP contribution in [0.25, 0.3) is 0 Å². The number of aliphatic hydroxyl groups is 1. The molecule has 0 bridgehead atoms. The zero-order valence-electron chi connectivity index (χ0n) is 20.8. The molecule has 0 spiro atoms. The maximum atomic E-state index is 13.1. The summed E-state index contributed by atoms with van der Waals surface area (Å²) >= 11 is 0. The van der Waals surface area contributed by atoms with Gasteiger partial charge in [-0.2, -0.15) is 4.99 Å². The maximum absolute atomic E-state index is 13.1. The molecule has 0 radical (unpaired) electrons. The molecular weight excluding hydrogens is 452 g/mol. The molecule has 2 aromatic carbocycles. The smallest absolute Gasteiger partial charge is 0.344 e. The van der Waals surface area contributed by atoms with Gasteiger partial charge in [-0.3, -0.25) is 4.79 Å². The molecule has 3 rings (SSSR count). The summed E-state index contributed by atoms with van der Waals surface area (Å²) in [5.41, 5.74) is 0.554. The molecule has 0 aliphatic carbocycles. The number of nitrogens with zero attached hydrogens (tertiary/aromatic N) is 2. The minimum atomic E-state index is -0.782. The SMILES string of the molecule is COc1cc(C(=O)N=C2N=C(C(C(=O)OC(C)(C)C)=C(C)O)c3ccccc32)cc(OC)c1OC. The first-order valence-electron chi connectivity index (χ1n) is 10.8. The van der Waals surface area contributed by atoms with Crippen LogP contribution in [0.1, 0.15) is 49.2 Å². The average Bonchev–Trinajstić information content (AvgIpc) is 3.14. The van der Waals surface area contributed by atoms with Crippen LogP contribution in [-0.2, 0) is 9.53 Å². The van der Waals surface area contributed by atoms with E-state index in [2.05, 4.69) is 9.98 Å². The summed E-state index contributed by atoms with van der Waals surface area (Å²) in [6.45, 7) is 6.55. The third-order valence-corrected chi connectivity index (χ3v) is 4.96. The second-order valence-electron chi connectivity index (χ2n) is 8.62. The van der Waals surface area contributed by atoms with Crippen LogP contribution in [0, 0.1) is 0 Å². The molecular formula is C26H28N2O7. The lowest BCUT2D eigenvalue weighted by atomic mass is 9.99. The first-order chi connectivity index (χ1) is 16.5. The van der Waals surface area contributed by atoms with Crippen LogP contribution in [0.2, 0.25) is 0 Å². The number of carbonyl (C=O) groups is 2. The highest BCUT2D eigenvalue weighted by Crippen LogP contribution is 2.38. The van der Waals surface area contributed by atoms with Crippen molar-refractivity contribution in [2.45, 2.75) is 33.3 Å². The molecule has 35 heavy (non-hydrogen) atoms. The van der Waals surface area contributed by atoms with Crippen molar-refractivity contribution in [3.05, 3.63) is 64.4 Å². The van der Waals surface area contributed by atoms with Crippen molar-refractivity contribution < 1.29 is 33.6 Å². The Balaban J connectivity index is 2.11. The Hall–Kier alpha value is -4.14. The first kappa shape index (κ1) is 25.5. The highest BCUT2D eigenvalue weighted by Gasteiger charge is 2.32. The van der Waals surface area contributed by atoms with Gasteiger partial charge in [0, 0.05) is 16.7 Å². The fourth-order valence-electron chi connectivity index (χ4n) is 3.50. The van der Waals surface area contributed by atoms with E-state index in [1.54, 1.807) is 45.0 Å². The van der Waals surface area contributed by atoms with Crippen molar-refractivity contribution in [1.29, 1.82) is 0 Å². The molecule has 9 nitrogen and oxygen atoms in total. The highest BCUT2D eigenvalue weighted by atomic mass is 16.6. The number of esters is 1. The van der Waals surface area contributed by atoms with Gasteiger partial charge in [0.15, 0.2) is 17.3 Å². The lowest BCUT2D eigenvalue weighted by Crippen LogP contribution is -2.28. The summed E-state index contributed by atoms with van der Waals surface area (Å²) in [4.78, 5) is 34.7. The lowest BCUT2D eigenvalue weighted by Gasteiger charge is -2.21. The summed E-state index contributed by atoms with van der Waals surface area (Å²) in [6, 6.07) is 9.96. The van der Waals surface area contributed by atoms with E-state index in [0.29, 0.717) is 28.4 Å². The van der Waals surface area contributed by atoms with Crippen molar-refractivity contribution in [2.24, 2.45) is 9.98 Å². The van der Waals surface area contributed by atoms with E-state index in [9.17, 15) is 14.7 Å². The summed E-state index contributed by atoms with van der Waals surface area (Å²) in [6.07, 6.45) is 0. The van der Waals surface area contributed by atoms with Crippen molar-refractivity contribution in [3.8, 4) is 17.2 Å². The number of amidine groups is 1. The van der Waals surface area contributed by atoms with Crippen LogP contribution < -0.4 is 14.2 Å². The number of carbonyl (C=O) groups excluding carboxylic acids is 2. The van der Waals surface area contributed by atoms with Gasteiger partial charge in [-0.15, -0.1) is 0 Å². The van der Waals surface area contributed by atoms with Gasteiger partial charge in [-0.25, -0.2) is 9.79 Å². The Kier molecular flexibility index (Phi) is 7.28. The van der Waals surface area contributed by atoms with E-state index in [0.717, 1.165) is 0 Å². The molecule has 1 aliphatic heterocycles. The number of ether oxygens (including phenoxy) is 4. The van der Waals surface area contributed by atoms with E-state index in [1.165, 1.54) is 40.4 Å². The van der Waals surface area contributed by atoms with E-state index >= 15 is 0 Å². The largest absolute Gasteiger partial charge is 0.512 e. The first-order valence-corrected chi connectivity index (χ1v) is 10.8. The van der Waals surface area contributed by atoms with Crippen LogP contribution >= 0.6 is 0 Å². The number of aliphatic imine (C=N–C) groups is 2. The van der Waals surface area contributed by atoms with Crippen molar-refractivity contribution in [3.63, 3.8) is 0 Å². The summed E-state index contributed by atoms with van der Waals surface area (Å²) in [7, 11) is 4.36. The summed E-state index contributed by atoms with van der Waals surface area (Å²) in [5.74, 6) is -0.557. The number of hydrogen-bond acceptors (Lipinski definition) is 7. The molecule has 0 fully saturated rings. The Morgan fingerprint density at radius 2 is 1.51 bits per heavy atom. The molecule has 0 aromatic heterocycles. The normalized spacial score (nSPS) is 14.6. The second kappa shape index (κ2) is 10.0. The Labute approximate surface area is 203 Å². The fraction of sp³-hybridized carbons (Fsp3) is 0.308. The van der Waals surface area contributed by atoms with E-state index in [-0.39, 0.29) is 28.4 Å². The van der Waals surface area contributed by atoms with Crippen LogP contribution in [0.3, 0.4) is 0 Å². The average molecular weight is 481 g/mol. The summed E-state index contributed by atoms with van der Waals surface area (Å²) < 4.78 is 21.4. The molecule has 9 heteroatoms. The number of allylic oxidation sites excluding steroid dienone is 1. The van der Waals surface area contributed by atoms with E-state index in [1.807, 2.05) is 0 Å². The lowest BCUT2D eigenvalue weighted by molar-refractivity contribution is -0.149. The Bertz CT molecular complexity index is 1240. The molecule has 0 saturated heterocycles. The van der Waals surface area contributed by atoms with Gasteiger partial charge in [-0.05, 0) is 39.8 Å². The quantitative estimate of drug-likeness (QED) is 0.373. The molecule has 1 N–H and O–H groups in total. The number of rotatable bonds is 6. The van der Waals surface area contributed by atoms with Crippen LogP contribution in [-0.4, -0.2) is 55.5 Å². The minimum Gasteiger partial charge on any atom is -0.512 e. The second-order valence-corrected chi connectivity index (χ2v) is 8.62. The Morgan fingerprint density at radius 3 is 2.00 bits per heavy atom. The molecule has 1 heterocycles. The monoisotopic (exact) mass is 480 g/mol. The van der Waals surface area contributed by atoms with Gasteiger partial charge in [0.05, 0.1) is 27.0 Å². The molecule has 2 aromatic rings. The zero-order valence-corrected chi connectivity index (χ0v) is 20.8. The molecule has 0 saturated carbocycles. The number of amides is 1. The van der Waals surface area contributed by atoms with Crippen LogP contribution in [0.15, 0.2) is 57.7 Å². The van der Waals surface area contributed by atoms with Crippen LogP contribution in [0.4, 0.5) is 0 Å². The van der Waals surface area contributed by atoms with E-state index in [4.69, 9.17) is 18.9 Å². The third-order valence-electron chi connectivity index (χ3n) is 4.96. The number of aliphatic hydroxyl groups excluding tert-OH is 1. The zero-order chi connectivity index (χ0) is 25.9.